The van der Waals surface area contributed by atoms with Crippen molar-refractivity contribution < 1.29 is 9.47 Å². The van der Waals surface area contributed by atoms with Gasteiger partial charge in [-0.05, 0) is 47.7 Å². The standard InChI is InChI=1S/C23H23ClO2/c1-2-3-4-5-19-16-25-23(26-17-19)15-8-18-6-9-20(10-7-18)21-11-13-22(24)14-12-21/h4-7,9-14,19,23H,2-3,16-17H2,1H3/b5-4+/t19-,23-. The minimum atomic E-state index is -0.443. The summed E-state index contributed by atoms with van der Waals surface area (Å²) in [4.78, 5) is 0. The fraction of sp³-hybridized carbons (Fsp3) is 0.304. The van der Waals surface area contributed by atoms with Crippen LogP contribution in [0.15, 0.2) is 60.7 Å². The van der Waals surface area contributed by atoms with E-state index in [0.29, 0.717) is 19.1 Å². The molecule has 2 aromatic carbocycles. The number of halogens is 1. The van der Waals surface area contributed by atoms with Crippen molar-refractivity contribution in [3.05, 3.63) is 71.3 Å². The monoisotopic (exact) mass is 366 g/mol. The van der Waals surface area contributed by atoms with Crippen molar-refractivity contribution in [2.24, 2.45) is 5.92 Å². The highest BCUT2D eigenvalue weighted by Crippen LogP contribution is 2.21. The summed E-state index contributed by atoms with van der Waals surface area (Å²) in [6, 6.07) is 16.0. The SMILES string of the molecule is CCC/C=C/[C@H]1CO[C@H](C#Cc2ccc(-c3ccc(Cl)cc3)cc2)OC1. The number of allylic oxidation sites excluding steroid dienone is 1. The van der Waals surface area contributed by atoms with Crippen molar-refractivity contribution in [2.75, 3.05) is 13.2 Å². The highest BCUT2D eigenvalue weighted by atomic mass is 35.5. The van der Waals surface area contributed by atoms with Crippen molar-refractivity contribution >= 4 is 11.6 Å². The maximum atomic E-state index is 5.93. The van der Waals surface area contributed by atoms with Crippen LogP contribution in [0.2, 0.25) is 5.02 Å². The molecule has 0 aromatic heterocycles. The summed E-state index contributed by atoms with van der Waals surface area (Å²) < 4.78 is 11.4. The molecule has 0 aliphatic carbocycles. The van der Waals surface area contributed by atoms with Crippen LogP contribution in [-0.4, -0.2) is 19.5 Å². The van der Waals surface area contributed by atoms with Crippen LogP contribution in [0, 0.1) is 17.8 Å². The van der Waals surface area contributed by atoms with Crippen molar-refractivity contribution in [1.29, 1.82) is 0 Å². The molecule has 1 heterocycles. The number of unbranched alkanes of at least 4 members (excludes halogenated alkanes) is 1. The summed E-state index contributed by atoms with van der Waals surface area (Å²) >= 11 is 5.93. The lowest BCUT2D eigenvalue weighted by molar-refractivity contribution is -0.160. The Balaban J connectivity index is 1.55. The summed E-state index contributed by atoms with van der Waals surface area (Å²) in [6.45, 7) is 3.50. The molecule has 0 amide bonds. The van der Waals surface area contributed by atoms with Gasteiger partial charge in [-0.2, -0.15) is 0 Å². The Kier molecular flexibility index (Phi) is 6.91. The molecule has 1 aliphatic rings. The molecule has 2 nitrogen and oxygen atoms in total. The Labute approximate surface area is 160 Å². The quantitative estimate of drug-likeness (QED) is 0.510. The van der Waals surface area contributed by atoms with Gasteiger partial charge >= 0.3 is 0 Å². The Morgan fingerprint density at radius 1 is 1.00 bits per heavy atom. The van der Waals surface area contributed by atoms with E-state index in [-0.39, 0.29) is 0 Å². The molecule has 0 spiro atoms. The predicted molar refractivity (Wildman–Crippen MR) is 107 cm³/mol. The Morgan fingerprint density at radius 2 is 1.62 bits per heavy atom. The van der Waals surface area contributed by atoms with Crippen LogP contribution in [0.3, 0.4) is 0 Å². The summed E-state index contributed by atoms with van der Waals surface area (Å²) in [5.74, 6) is 6.52. The minimum Gasteiger partial charge on any atom is -0.341 e. The van der Waals surface area contributed by atoms with Crippen LogP contribution in [0.4, 0.5) is 0 Å². The highest BCUT2D eigenvalue weighted by molar-refractivity contribution is 6.30. The second-order valence-corrected chi connectivity index (χ2v) is 6.77. The molecule has 3 rings (SSSR count). The van der Waals surface area contributed by atoms with E-state index in [1.54, 1.807) is 0 Å². The van der Waals surface area contributed by atoms with Gasteiger partial charge in [0.2, 0.25) is 6.29 Å². The Hall–Kier alpha value is -2.05. The molecule has 3 heteroatoms. The van der Waals surface area contributed by atoms with Crippen molar-refractivity contribution in [2.45, 2.75) is 26.1 Å². The molecule has 0 unspecified atom stereocenters. The van der Waals surface area contributed by atoms with E-state index in [9.17, 15) is 0 Å². The van der Waals surface area contributed by atoms with Gasteiger partial charge in [-0.1, -0.05) is 67.3 Å². The van der Waals surface area contributed by atoms with Crippen LogP contribution < -0.4 is 0 Å². The third kappa shape index (κ3) is 5.47. The van der Waals surface area contributed by atoms with Gasteiger partial charge in [-0.25, -0.2) is 0 Å². The maximum Gasteiger partial charge on any atom is 0.222 e. The zero-order chi connectivity index (χ0) is 18.2. The van der Waals surface area contributed by atoms with Crippen molar-refractivity contribution in [3.8, 4) is 23.0 Å². The van der Waals surface area contributed by atoms with Crippen LogP contribution in [0.1, 0.15) is 25.3 Å². The Morgan fingerprint density at radius 3 is 2.23 bits per heavy atom. The third-order valence-electron chi connectivity index (χ3n) is 4.18. The lowest BCUT2D eigenvalue weighted by Gasteiger charge is -2.24. The molecule has 0 bridgehead atoms. The zero-order valence-electron chi connectivity index (χ0n) is 15.0. The fourth-order valence-electron chi connectivity index (χ4n) is 2.70. The third-order valence-corrected chi connectivity index (χ3v) is 4.44. The minimum absolute atomic E-state index is 0.332. The molecule has 1 aliphatic heterocycles. The topological polar surface area (TPSA) is 18.5 Å². The first-order valence-electron chi connectivity index (χ1n) is 9.02. The summed E-state index contributed by atoms with van der Waals surface area (Å²) in [5, 5.41) is 0.742. The lowest BCUT2D eigenvalue weighted by atomic mass is 10.0. The second-order valence-electron chi connectivity index (χ2n) is 6.33. The van der Waals surface area contributed by atoms with E-state index in [0.717, 1.165) is 34.6 Å². The Bertz CT molecular complexity index is 774. The van der Waals surface area contributed by atoms with Gasteiger partial charge in [0.15, 0.2) is 0 Å². The summed E-state index contributed by atoms with van der Waals surface area (Å²) in [5.41, 5.74) is 3.22. The average Bonchev–Trinajstić information content (AvgIpc) is 2.69. The van der Waals surface area contributed by atoms with Crippen LogP contribution in [-0.2, 0) is 9.47 Å². The van der Waals surface area contributed by atoms with E-state index in [1.165, 1.54) is 0 Å². The molecule has 26 heavy (non-hydrogen) atoms. The number of ether oxygens (including phenoxy) is 2. The van der Waals surface area contributed by atoms with Crippen LogP contribution in [0.5, 0.6) is 0 Å². The van der Waals surface area contributed by atoms with E-state index >= 15 is 0 Å². The van der Waals surface area contributed by atoms with Gasteiger partial charge in [0.25, 0.3) is 0 Å². The summed E-state index contributed by atoms with van der Waals surface area (Å²) in [6.07, 6.45) is 6.21. The second kappa shape index (κ2) is 9.59. The fourth-order valence-corrected chi connectivity index (χ4v) is 2.82. The van der Waals surface area contributed by atoms with Crippen LogP contribution >= 0.6 is 11.6 Å². The molecular formula is C23H23ClO2. The van der Waals surface area contributed by atoms with Crippen molar-refractivity contribution in [1.82, 2.24) is 0 Å². The molecule has 0 atom stereocenters. The smallest absolute Gasteiger partial charge is 0.222 e. The van der Waals surface area contributed by atoms with Gasteiger partial charge < -0.3 is 9.47 Å². The van der Waals surface area contributed by atoms with Gasteiger partial charge in [-0.15, -0.1) is 0 Å². The number of hydrogen-bond donors (Lipinski definition) is 0. The molecule has 0 radical (unpaired) electrons. The van der Waals surface area contributed by atoms with E-state index < -0.39 is 6.29 Å². The molecule has 0 N–H and O–H groups in total. The first-order valence-corrected chi connectivity index (χ1v) is 9.40. The first-order chi connectivity index (χ1) is 12.7. The zero-order valence-corrected chi connectivity index (χ0v) is 15.7. The number of benzene rings is 2. The van der Waals surface area contributed by atoms with E-state index in [4.69, 9.17) is 21.1 Å². The highest BCUT2D eigenvalue weighted by Gasteiger charge is 2.18. The molecule has 134 valence electrons. The predicted octanol–water partition coefficient (Wildman–Crippen LogP) is 5.70. The van der Waals surface area contributed by atoms with Gasteiger partial charge in [0.05, 0.1) is 13.2 Å². The first kappa shape index (κ1) is 18.7. The van der Waals surface area contributed by atoms with Gasteiger partial charge in [-0.3, -0.25) is 0 Å². The molecular weight excluding hydrogens is 344 g/mol. The molecule has 0 saturated carbocycles. The number of hydrogen-bond acceptors (Lipinski definition) is 2. The largest absolute Gasteiger partial charge is 0.341 e. The molecule has 1 saturated heterocycles. The summed E-state index contributed by atoms with van der Waals surface area (Å²) in [7, 11) is 0. The van der Waals surface area contributed by atoms with E-state index in [1.807, 2.05) is 36.4 Å². The van der Waals surface area contributed by atoms with Gasteiger partial charge in [0.1, 0.15) is 0 Å². The van der Waals surface area contributed by atoms with Crippen LogP contribution in [0.25, 0.3) is 11.1 Å². The average molecular weight is 367 g/mol. The lowest BCUT2D eigenvalue weighted by Crippen LogP contribution is -2.30. The van der Waals surface area contributed by atoms with Gasteiger partial charge in [0, 0.05) is 16.5 Å². The molecule has 1 fully saturated rings. The van der Waals surface area contributed by atoms with Crippen molar-refractivity contribution in [3.63, 3.8) is 0 Å². The normalized spacial score (nSPS) is 19.9. The molecule has 2 aromatic rings. The maximum absolute atomic E-state index is 5.93. The van der Waals surface area contributed by atoms with E-state index in [2.05, 4.69) is 43.0 Å². The number of rotatable bonds is 4.